The molecule has 21 heavy (non-hydrogen) atoms. The zero-order valence-electron chi connectivity index (χ0n) is 12.0. The van der Waals surface area contributed by atoms with Gasteiger partial charge in [0.25, 0.3) is 5.91 Å². The minimum absolute atomic E-state index is 0.0596. The third kappa shape index (κ3) is 3.32. The van der Waals surface area contributed by atoms with Crippen LogP contribution in [0.15, 0.2) is 36.4 Å². The first-order valence-electron chi connectivity index (χ1n) is 6.53. The van der Waals surface area contributed by atoms with Gasteiger partial charge in [-0.05, 0) is 36.8 Å². The predicted octanol–water partition coefficient (Wildman–Crippen LogP) is 2.42. The van der Waals surface area contributed by atoms with Crippen molar-refractivity contribution in [1.82, 2.24) is 0 Å². The zero-order chi connectivity index (χ0) is 15.4. The molecule has 0 aliphatic rings. The average Bonchev–Trinajstić information content (AvgIpc) is 2.49. The summed E-state index contributed by atoms with van der Waals surface area (Å²) in [5.74, 6) is 0.0732. The second kappa shape index (κ2) is 6.28. The van der Waals surface area contributed by atoms with Gasteiger partial charge < -0.3 is 20.9 Å². The molecule has 1 amide bonds. The van der Waals surface area contributed by atoms with Crippen LogP contribution in [0.4, 0.5) is 5.69 Å². The lowest BCUT2D eigenvalue weighted by atomic mass is 10.1. The number of hydrogen-bond acceptors (Lipinski definition) is 4. The fourth-order valence-electron chi connectivity index (χ4n) is 1.99. The van der Waals surface area contributed by atoms with Crippen molar-refractivity contribution in [2.24, 2.45) is 5.73 Å². The standard InChI is InChI=1S/C16H18N2O3/c1-10-3-6-14(19)12(7-10)16(20)18-13-5-4-11(9-17)8-15(13)21-2/h3-8,19H,9,17H2,1-2H3,(H,18,20). The summed E-state index contributed by atoms with van der Waals surface area (Å²) in [7, 11) is 1.52. The quantitative estimate of drug-likeness (QED) is 0.806. The highest BCUT2D eigenvalue weighted by Gasteiger charge is 2.14. The van der Waals surface area contributed by atoms with Gasteiger partial charge in [-0.2, -0.15) is 0 Å². The van der Waals surface area contributed by atoms with Gasteiger partial charge in [-0.1, -0.05) is 17.7 Å². The molecule has 2 aromatic rings. The molecule has 4 N–H and O–H groups in total. The summed E-state index contributed by atoms with van der Waals surface area (Å²) < 4.78 is 5.25. The number of ether oxygens (including phenoxy) is 1. The van der Waals surface area contributed by atoms with Crippen molar-refractivity contribution in [3.63, 3.8) is 0 Å². The fourth-order valence-corrected chi connectivity index (χ4v) is 1.99. The van der Waals surface area contributed by atoms with Crippen LogP contribution < -0.4 is 15.8 Å². The Morgan fingerprint density at radius 2 is 2.05 bits per heavy atom. The summed E-state index contributed by atoms with van der Waals surface area (Å²) in [5.41, 5.74) is 8.12. The maximum absolute atomic E-state index is 12.3. The van der Waals surface area contributed by atoms with Gasteiger partial charge in [0.15, 0.2) is 0 Å². The van der Waals surface area contributed by atoms with Crippen molar-refractivity contribution in [2.75, 3.05) is 12.4 Å². The number of phenolic OH excluding ortho intramolecular Hbond substituents is 1. The summed E-state index contributed by atoms with van der Waals surface area (Å²) in [4.78, 5) is 12.3. The fraction of sp³-hybridized carbons (Fsp3) is 0.188. The maximum atomic E-state index is 12.3. The molecule has 0 spiro atoms. The molecule has 0 saturated heterocycles. The second-order valence-electron chi connectivity index (χ2n) is 4.71. The molecular formula is C16H18N2O3. The molecule has 0 fully saturated rings. The molecule has 0 unspecified atom stereocenters. The Morgan fingerprint density at radius 1 is 1.29 bits per heavy atom. The number of rotatable bonds is 4. The van der Waals surface area contributed by atoms with E-state index in [1.807, 2.05) is 13.0 Å². The zero-order valence-corrected chi connectivity index (χ0v) is 12.0. The van der Waals surface area contributed by atoms with Crippen LogP contribution in [0.1, 0.15) is 21.5 Å². The monoisotopic (exact) mass is 286 g/mol. The number of nitrogens with two attached hydrogens (primary N) is 1. The van der Waals surface area contributed by atoms with Crippen LogP contribution in [-0.4, -0.2) is 18.1 Å². The molecule has 2 aromatic carbocycles. The number of amides is 1. The van der Waals surface area contributed by atoms with Crippen molar-refractivity contribution in [3.05, 3.63) is 53.1 Å². The van der Waals surface area contributed by atoms with E-state index < -0.39 is 5.91 Å². The van der Waals surface area contributed by atoms with Crippen LogP contribution in [0.5, 0.6) is 11.5 Å². The van der Waals surface area contributed by atoms with Crippen molar-refractivity contribution in [2.45, 2.75) is 13.5 Å². The molecule has 0 bridgehead atoms. The Bertz CT molecular complexity index is 669. The minimum Gasteiger partial charge on any atom is -0.507 e. The molecule has 5 nitrogen and oxygen atoms in total. The molecule has 0 atom stereocenters. The topological polar surface area (TPSA) is 84.6 Å². The van der Waals surface area contributed by atoms with Crippen LogP contribution >= 0.6 is 0 Å². The number of aryl methyl sites for hydroxylation is 1. The first kappa shape index (κ1) is 14.9. The molecule has 5 heteroatoms. The van der Waals surface area contributed by atoms with Crippen molar-refractivity contribution < 1.29 is 14.6 Å². The van der Waals surface area contributed by atoms with E-state index in [4.69, 9.17) is 10.5 Å². The lowest BCUT2D eigenvalue weighted by molar-refractivity contribution is 0.102. The second-order valence-corrected chi connectivity index (χ2v) is 4.71. The summed E-state index contributed by atoms with van der Waals surface area (Å²) in [6.07, 6.45) is 0. The van der Waals surface area contributed by atoms with Crippen LogP contribution in [0.3, 0.4) is 0 Å². The van der Waals surface area contributed by atoms with Crippen LogP contribution in [0.25, 0.3) is 0 Å². The molecular weight excluding hydrogens is 268 g/mol. The van der Waals surface area contributed by atoms with Gasteiger partial charge in [-0.25, -0.2) is 0 Å². The first-order valence-corrected chi connectivity index (χ1v) is 6.53. The molecule has 0 saturated carbocycles. The molecule has 110 valence electrons. The van der Waals surface area contributed by atoms with E-state index in [1.165, 1.54) is 13.2 Å². The molecule has 0 aliphatic carbocycles. The van der Waals surface area contributed by atoms with E-state index in [-0.39, 0.29) is 11.3 Å². The smallest absolute Gasteiger partial charge is 0.259 e. The largest absolute Gasteiger partial charge is 0.507 e. The predicted molar refractivity (Wildman–Crippen MR) is 81.7 cm³/mol. The molecule has 0 radical (unpaired) electrons. The third-order valence-corrected chi connectivity index (χ3v) is 3.15. The van der Waals surface area contributed by atoms with Gasteiger partial charge in [-0.3, -0.25) is 4.79 Å². The van der Waals surface area contributed by atoms with E-state index >= 15 is 0 Å². The van der Waals surface area contributed by atoms with Gasteiger partial charge in [-0.15, -0.1) is 0 Å². The number of carbonyl (C=O) groups is 1. The van der Waals surface area contributed by atoms with Gasteiger partial charge in [0.2, 0.25) is 0 Å². The lowest BCUT2D eigenvalue weighted by Gasteiger charge is -2.12. The number of hydrogen-bond donors (Lipinski definition) is 3. The summed E-state index contributed by atoms with van der Waals surface area (Å²) in [6.45, 7) is 2.25. The van der Waals surface area contributed by atoms with Gasteiger partial charge >= 0.3 is 0 Å². The molecule has 0 aromatic heterocycles. The number of anilines is 1. The Kier molecular flexibility index (Phi) is 4.45. The van der Waals surface area contributed by atoms with Gasteiger partial charge in [0.1, 0.15) is 11.5 Å². The van der Waals surface area contributed by atoms with Crippen molar-refractivity contribution in [3.8, 4) is 11.5 Å². The summed E-state index contributed by atoms with van der Waals surface area (Å²) in [5, 5.41) is 12.5. The van der Waals surface area contributed by atoms with E-state index in [0.29, 0.717) is 18.0 Å². The SMILES string of the molecule is COc1cc(CN)ccc1NC(=O)c1cc(C)ccc1O. The Balaban J connectivity index is 2.29. The van der Waals surface area contributed by atoms with Gasteiger partial charge in [0.05, 0.1) is 18.4 Å². The molecule has 0 aliphatic heterocycles. The van der Waals surface area contributed by atoms with E-state index in [2.05, 4.69) is 5.32 Å². The average molecular weight is 286 g/mol. The number of nitrogens with one attached hydrogen (secondary N) is 1. The Hall–Kier alpha value is -2.53. The Labute approximate surface area is 123 Å². The Morgan fingerprint density at radius 3 is 2.71 bits per heavy atom. The van der Waals surface area contributed by atoms with Crippen LogP contribution in [0.2, 0.25) is 0 Å². The van der Waals surface area contributed by atoms with Crippen molar-refractivity contribution >= 4 is 11.6 Å². The van der Waals surface area contributed by atoms with Crippen LogP contribution in [-0.2, 0) is 6.54 Å². The first-order chi connectivity index (χ1) is 10.0. The molecule has 2 rings (SSSR count). The number of aromatic hydroxyl groups is 1. The summed E-state index contributed by atoms with van der Waals surface area (Å²) >= 11 is 0. The highest BCUT2D eigenvalue weighted by molar-refractivity contribution is 6.06. The number of benzene rings is 2. The number of phenols is 1. The number of carbonyl (C=O) groups excluding carboxylic acids is 1. The highest BCUT2D eigenvalue weighted by Crippen LogP contribution is 2.27. The van der Waals surface area contributed by atoms with Gasteiger partial charge in [0, 0.05) is 6.54 Å². The molecule has 0 heterocycles. The number of methoxy groups -OCH3 is 1. The van der Waals surface area contributed by atoms with Crippen LogP contribution in [0, 0.1) is 6.92 Å². The normalized spacial score (nSPS) is 10.2. The highest BCUT2D eigenvalue weighted by atomic mass is 16.5. The minimum atomic E-state index is -0.394. The van der Waals surface area contributed by atoms with E-state index in [1.54, 1.807) is 24.3 Å². The lowest BCUT2D eigenvalue weighted by Crippen LogP contribution is -2.13. The van der Waals surface area contributed by atoms with E-state index in [9.17, 15) is 9.90 Å². The van der Waals surface area contributed by atoms with E-state index in [0.717, 1.165) is 11.1 Å². The summed E-state index contributed by atoms with van der Waals surface area (Å²) in [6, 6.07) is 10.2. The maximum Gasteiger partial charge on any atom is 0.259 e. The third-order valence-electron chi connectivity index (χ3n) is 3.15. The van der Waals surface area contributed by atoms with Crippen molar-refractivity contribution in [1.29, 1.82) is 0 Å².